The maximum atomic E-state index is 11.0. The summed E-state index contributed by atoms with van der Waals surface area (Å²) in [5, 5.41) is 0. The molecule has 0 amide bonds. The Kier molecular flexibility index (Phi) is 3.72. The summed E-state index contributed by atoms with van der Waals surface area (Å²) >= 11 is 0. The summed E-state index contributed by atoms with van der Waals surface area (Å²) in [5.74, 6) is -0.254. The number of carbonyl (C=O) groups excluding carboxylic acids is 1. The topological polar surface area (TPSA) is 35.5 Å². The van der Waals surface area contributed by atoms with Gasteiger partial charge >= 0.3 is 5.97 Å². The molecule has 1 fully saturated rings. The summed E-state index contributed by atoms with van der Waals surface area (Å²) in [7, 11) is 0. The van der Waals surface area contributed by atoms with Crippen molar-refractivity contribution in [3.8, 4) is 0 Å². The Hall–Kier alpha value is -0.570. The molecule has 0 N–H and O–H groups in total. The van der Waals surface area contributed by atoms with Gasteiger partial charge in [0.05, 0.1) is 12.2 Å². The van der Waals surface area contributed by atoms with E-state index in [1.807, 2.05) is 0 Å². The summed E-state index contributed by atoms with van der Waals surface area (Å²) in [6.45, 7) is 4.40. The van der Waals surface area contributed by atoms with Crippen molar-refractivity contribution in [1.82, 2.24) is 0 Å². The summed E-state index contributed by atoms with van der Waals surface area (Å²) in [4.78, 5) is 11.0. The molecule has 0 saturated heterocycles. The second kappa shape index (κ2) is 4.61. The molecule has 76 valence electrons. The van der Waals surface area contributed by atoms with Crippen LogP contribution in [0.2, 0.25) is 0 Å². The third-order valence-electron chi connectivity index (χ3n) is 2.51. The lowest BCUT2D eigenvalue weighted by atomic mass is 10.1. The van der Waals surface area contributed by atoms with Gasteiger partial charge in [0.2, 0.25) is 0 Å². The summed E-state index contributed by atoms with van der Waals surface area (Å²) in [5.41, 5.74) is -0.0766. The molecule has 1 aliphatic carbocycles. The molecule has 0 aliphatic heterocycles. The largest absolute Gasteiger partial charge is 0.464 e. The highest BCUT2D eigenvalue weighted by Crippen LogP contribution is 2.32. The smallest absolute Gasteiger partial charge is 0.332 e. The fourth-order valence-electron chi connectivity index (χ4n) is 1.70. The molecule has 0 aromatic rings. The molecule has 0 bridgehead atoms. The Labute approximate surface area is 79.4 Å². The van der Waals surface area contributed by atoms with E-state index in [2.05, 4.69) is 6.92 Å². The molecule has 3 heteroatoms. The van der Waals surface area contributed by atoms with E-state index in [-0.39, 0.29) is 18.2 Å². The fourth-order valence-corrected chi connectivity index (χ4v) is 1.70. The van der Waals surface area contributed by atoms with Gasteiger partial charge in [-0.1, -0.05) is 12.8 Å². The van der Waals surface area contributed by atoms with E-state index in [1.54, 1.807) is 6.92 Å². The zero-order valence-corrected chi connectivity index (χ0v) is 8.47. The molecular formula is C10H18O3. The third-order valence-corrected chi connectivity index (χ3v) is 2.51. The van der Waals surface area contributed by atoms with Gasteiger partial charge in [-0.2, -0.15) is 0 Å². The fraction of sp³-hybridized carbons (Fsp3) is 0.900. The minimum absolute atomic E-state index is 0.0766. The van der Waals surface area contributed by atoms with Crippen LogP contribution in [0.1, 0.15) is 39.5 Å². The second-order valence-electron chi connectivity index (χ2n) is 3.75. The Bertz CT molecular complexity index is 171. The number of carbonyl (C=O) groups is 1. The van der Waals surface area contributed by atoms with Gasteiger partial charge in [-0.15, -0.1) is 0 Å². The SMILES string of the molecule is CCOC(=O)COC1(C)CCCC1. The van der Waals surface area contributed by atoms with E-state index >= 15 is 0 Å². The van der Waals surface area contributed by atoms with Crippen molar-refractivity contribution in [1.29, 1.82) is 0 Å². The van der Waals surface area contributed by atoms with Crippen LogP contribution in [0.5, 0.6) is 0 Å². The first-order valence-electron chi connectivity index (χ1n) is 4.96. The zero-order valence-electron chi connectivity index (χ0n) is 8.47. The Morgan fingerprint density at radius 2 is 2.00 bits per heavy atom. The number of rotatable bonds is 4. The van der Waals surface area contributed by atoms with Crippen molar-refractivity contribution in [3.63, 3.8) is 0 Å². The van der Waals surface area contributed by atoms with Crippen molar-refractivity contribution in [2.45, 2.75) is 45.1 Å². The minimum atomic E-state index is -0.254. The van der Waals surface area contributed by atoms with Crippen LogP contribution >= 0.6 is 0 Å². The summed E-state index contributed by atoms with van der Waals surface area (Å²) in [6.07, 6.45) is 4.54. The Morgan fingerprint density at radius 1 is 1.38 bits per heavy atom. The number of hydrogen-bond acceptors (Lipinski definition) is 3. The molecule has 0 radical (unpaired) electrons. The molecule has 1 aliphatic rings. The normalized spacial score (nSPS) is 20.2. The van der Waals surface area contributed by atoms with E-state index < -0.39 is 0 Å². The highest BCUT2D eigenvalue weighted by atomic mass is 16.6. The Morgan fingerprint density at radius 3 is 2.54 bits per heavy atom. The first kappa shape index (κ1) is 10.5. The first-order valence-corrected chi connectivity index (χ1v) is 4.96. The van der Waals surface area contributed by atoms with E-state index in [4.69, 9.17) is 9.47 Å². The van der Waals surface area contributed by atoms with Crippen LogP contribution in [0.4, 0.5) is 0 Å². The second-order valence-corrected chi connectivity index (χ2v) is 3.75. The monoisotopic (exact) mass is 186 g/mol. The predicted molar refractivity (Wildman–Crippen MR) is 49.5 cm³/mol. The molecule has 0 aromatic carbocycles. The molecular weight excluding hydrogens is 168 g/mol. The van der Waals surface area contributed by atoms with E-state index in [9.17, 15) is 4.79 Å². The maximum Gasteiger partial charge on any atom is 0.332 e. The lowest BCUT2D eigenvalue weighted by molar-refractivity contribution is -0.154. The van der Waals surface area contributed by atoms with Crippen molar-refractivity contribution in [2.24, 2.45) is 0 Å². The highest BCUT2D eigenvalue weighted by Gasteiger charge is 2.30. The van der Waals surface area contributed by atoms with Crippen LogP contribution in [-0.2, 0) is 14.3 Å². The molecule has 13 heavy (non-hydrogen) atoms. The van der Waals surface area contributed by atoms with E-state index in [0.717, 1.165) is 12.8 Å². The van der Waals surface area contributed by atoms with Gasteiger partial charge in [-0.25, -0.2) is 4.79 Å². The molecule has 0 atom stereocenters. The third kappa shape index (κ3) is 3.35. The predicted octanol–water partition coefficient (Wildman–Crippen LogP) is 1.90. The molecule has 0 aromatic heterocycles. The molecule has 0 heterocycles. The van der Waals surface area contributed by atoms with Gasteiger partial charge in [0.1, 0.15) is 6.61 Å². The number of ether oxygens (including phenoxy) is 2. The van der Waals surface area contributed by atoms with Gasteiger partial charge in [-0.3, -0.25) is 0 Å². The summed E-state index contributed by atoms with van der Waals surface area (Å²) in [6, 6.07) is 0. The number of esters is 1. The lowest BCUT2D eigenvalue weighted by Gasteiger charge is -2.23. The number of hydrogen-bond donors (Lipinski definition) is 0. The zero-order chi connectivity index (χ0) is 9.73. The average Bonchev–Trinajstić information content (AvgIpc) is 2.51. The average molecular weight is 186 g/mol. The Balaban J connectivity index is 2.21. The van der Waals surface area contributed by atoms with Gasteiger partial charge in [0, 0.05) is 0 Å². The maximum absolute atomic E-state index is 11.0. The summed E-state index contributed by atoms with van der Waals surface area (Å²) < 4.78 is 10.3. The van der Waals surface area contributed by atoms with Crippen LogP contribution in [0.25, 0.3) is 0 Å². The highest BCUT2D eigenvalue weighted by molar-refractivity contribution is 5.70. The van der Waals surface area contributed by atoms with Crippen molar-refractivity contribution in [2.75, 3.05) is 13.2 Å². The molecule has 0 unspecified atom stereocenters. The van der Waals surface area contributed by atoms with E-state index in [1.165, 1.54) is 12.8 Å². The van der Waals surface area contributed by atoms with Gasteiger partial charge in [0.15, 0.2) is 0 Å². The van der Waals surface area contributed by atoms with Gasteiger partial charge < -0.3 is 9.47 Å². The van der Waals surface area contributed by atoms with Crippen LogP contribution in [0.15, 0.2) is 0 Å². The minimum Gasteiger partial charge on any atom is -0.464 e. The molecule has 0 spiro atoms. The van der Waals surface area contributed by atoms with Crippen molar-refractivity contribution >= 4 is 5.97 Å². The van der Waals surface area contributed by atoms with Gasteiger partial charge in [0.25, 0.3) is 0 Å². The standard InChI is InChI=1S/C10H18O3/c1-3-12-9(11)8-13-10(2)6-4-5-7-10/h3-8H2,1-2H3. The molecule has 1 rings (SSSR count). The van der Waals surface area contributed by atoms with Crippen LogP contribution in [0.3, 0.4) is 0 Å². The van der Waals surface area contributed by atoms with E-state index in [0.29, 0.717) is 6.61 Å². The molecule has 3 nitrogen and oxygen atoms in total. The molecule has 1 saturated carbocycles. The quantitative estimate of drug-likeness (QED) is 0.629. The van der Waals surface area contributed by atoms with Gasteiger partial charge in [-0.05, 0) is 26.7 Å². The first-order chi connectivity index (χ1) is 6.16. The van der Waals surface area contributed by atoms with Crippen molar-refractivity contribution in [3.05, 3.63) is 0 Å². The van der Waals surface area contributed by atoms with Crippen molar-refractivity contribution < 1.29 is 14.3 Å². The van der Waals surface area contributed by atoms with Crippen LogP contribution < -0.4 is 0 Å². The van der Waals surface area contributed by atoms with Crippen LogP contribution in [0, 0.1) is 0 Å². The van der Waals surface area contributed by atoms with Crippen LogP contribution in [-0.4, -0.2) is 24.8 Å². The lowest BCUT2D eigenvalue weighted by Crippen LogP contribution is -2.28.